The number of methoxy groups -OCH3 is 1. The molecule has 0 saturated heterocycles. The molecule has 0 saturated carbocycles. The van der Waals surface area contributed by atoms with Gasteiger partial charge in [0.25, 0.3) is 0 Å². The van der Waals surface area contributed by atoms with Crippen LogP contribution in [0.25, 0.3) is 22.4 Å². The number of rotatable bonds is 7. The molecule has 2 aromatic carbocycles. The Labute approximate surface area is 228 Å². The number of ether oxygens (including phenoxy) is 2. The van der Waals surface area contributed by atoms with Gasteiger partial charge in [0.1, 0.15) is 28.3 Å². The number of nitrogens with zero attached hydrogens (tertiary/aromatic N) is 4. The molecular formula is C29H37BrN4O3. The lowest BCUT2D eigenvalue weighted by molar-refractivity contribution is -0.137. The van der Waals surface area contributed by atoms with Crippen LogP contribution < -0.4 is 4.74 Å². The van der Waals surface area contributed by atoms with Crippen molar-refractivity contribution >= 4 is 39.3 Å². The van der Waals surface area contributed by atoms with E-state index in [9.17, 15) is 4.79 Å². The number of esters is 1. The van der Waals surface area contributed by atoms with E-state index in [1.54, 1.807) is 17.3 Å². The van der Waals surface area contributed by atoms with Crippen molar-refractivity contribution in [2.75, 3.05) is 20.3 Å². The second-order valence-corrected chi connectivity index (χ2v) is 9.94. The molecule has 3 aromatic rings. The monoisotopic (exact) mass is 568 g/mol. The molecule has 7 nitrogen and oxygen atoms in total. The van der Waals surface area contributed by atoms with Crippen molar-refractivity contribution in [3.8, 4) is 17.1 Å². The second-order valence-electron chi connectivity index (χ2n) is 9.15. The molecular weight excluding hydrogens is 532 g/mol. The number of aromatic nitrogens is 2. The van der Waals surface area contributed by atoms with E-state index in [0.717, 1.165) is 38.2 Å². The predicted octanol–water partition coefficient (Wildman–Crippen LogP) is 6.84. The number of aliphatic imine (C=N–C) groups is 1. The zero-order valence-electron chi connectivity index (χ0n) is 22.8. The topological polar surface area (TPSA) is 68.9 Å². The summed E-state index contributed by atoms with van der Waals surface area (Å²) in [5.74, 6) is 1.68. The molecule has 1 aliphatic heterocycles. The number of hydrogen-bond donors (Lipinski definition) is 0. The molecule has 0 atom stereocenters. The second kappa shape index (κ2) is 12.9. The van der Waals surface area contributed by atoms with Crippen LogP contribution in [-0.4, -0.2) is 47.0 Å². The maximum atomic E-state index is 12.3. The molecule has 0 fully saturated rings. The van der Waals surface area contributed by atoms with Crippen molar-refractivity contribution in [2.24, 2.45) is 12.0 Å². The van der Waals surface area contributed by atoms with Gasteiger partial charge in [0.15, 0.2) is 0 Å². The molecule has 0 bridgehead atoms. The summed E-state index contributed by atoms with van der Waals surface area (Å²) in [4.78, 5) is 23.3. The minimum atomic E-state index is -0.390. The van der Waals surface area contributed by atoms with E-state index in [4.69, 9.17) is 14.5 Å². The van der Waals surface area contributed by atoms with Gasteiger partial charge in [-0.15, -0.1) is 0 Å². The Kier molecular flexibility index (Phi) is 9.92. The summed E-state index contributed by atoms with van der Waals surface area (Å²) < 4.78 is 13.9. The summed E-state index contributed by atoms with van der Waals surface area (Å²) in [7, 11) is 3.39. The summed E-state index contributed by atoms with van der Waals surface area (Å²) in [5.41, 5.74) is 5.45. The third kappa shape index (κ3) is 6.24. The highest BCUT2D eigenvalue weighted by molar-refractivity contribution is 9.10. The molecule has 0 unspecified atom stereocenters. The molecule has 0 radical (unpaired) electrons. The maximum Gasteiger partial charge on any atom is 0.354 e. The highest BCUT2D eigenvalue weighted by Gasteiger charge is 2.24. The number of aryl methyl sites for hydroxylation is 1. The van der Waals surface area contributed by atoms with Gasteiger partial charge < -0.3 is 18.9 Å². The molecule has 1 aliphatic rings. The Hall–Kier alpha value is -3.13. The Balaban J connectivity index is 0.00000121. The lowest BCUT2D eigenvalue weighted by atomic mass is 10.0. The van der Waals surface area contributed by atoms with E-state index in [0.29, 0.717) is 31.3 Å². The van der Waals surface area contributed by atoms with Crippen LogP contribution in [0.2, 0.25) is 0 Å². The quantitative estimate of drug-likeness (QED) is 0.292. The van der Waals surface area contributed by atoms with E-state index in [1.807, 2.05) is 20.0 Å². The molecule has 1 aromatic heterocycles. The summed E-state index contributed by atoms with van der Waals surface area (Å²) in [6, 6.07) is 10.5. The van der Waals surface area contributed by atoms with Crippen LogP contribution in [0.1, 0.15) is 58.1 Å². The number of fused-ring (bicyclic) bond motifs is 1. The SMILES string of the molecule is CCC.CCOc1cc(CN2C=NCC=C2C(=O)OC)c(Br)c2nc(-c3ccc(C(C)C)cc3)n(C)c12. The molecule has 0 spiro atoms. The van der Waals surface area contributed by atoms with Crippen LogP contribution in [0.3, 0.4) is 0 Å². The van der Waals surface area contributed by atoms with Crippen molar-refractivity contribution in [1.82, 2.24) is 14.5 Å². The average Bonchev–Trinajstić information content (AvgIpc) is 3.25. The maximum absolute atomic E-state index is 12.3. The van der Waals surface area contributed by atoms with Crippen molar-refractivity contribution in [2.45, 2.75) is 53.5 Å². The number of halogens is 1. The van der Waals surface area contributed by atoms with Gasteiger partial charge in [-0.3, -0.25) is 4.99 Å². The predicted molar refractivity (Wildman–Crippen MR) is 154 cm³/mol. The first kappa shape index (κ1) is 28.4. The average molecular weight is 570 g/mol. The molecule has 8 heteroatoms. The number of carbonyl (C=O) groups is 1. The van der Waals surface area contributed by atoms with Crippen molar-refractivity contribution < 1.29 is 14.3 Å². The van der Waals surface area contributed by atoms with Crippen LogP contribution in [0.4, 0.5) is 0 Å². The van der Waals surface area contributed by atoms with Crippen LogP contribution in [0, 0.1) is 0 Å². The summed E-state index contributed by atoms with van der Waals surface area (Å²) in [6.45, 7) is 12.0. The summed E-state index contributed by atoms with van der Waals surface area (Å²) >= 11 is 3.78. The Bertz CT molecular complexity index is 1290. The third-order valence-corrected chi connectivity index (χ3v) is 6.80. The van der Waals surface area contributed by atoms with E-state index in [2.05, 4.69) is 77.4 Å². The molecule has 0 amide bonds. The van der Waals surface area contributed by atoms with E-state index < -0.39 is 5.97 Å². The van der Waals surface area contributed by atoms with Crippen LogP contribution in [0.5, 0.6) is 5.75 Å². The first-order valence-corrected chi connectivity index (χ1v) is 13.5. The fourth-order valence-electron chi connectivity index (χ4n) is 4.11. The number of carbonyl (C=O) groups excluding carboxylic acids is 1. The zero-order valence-corrected chi connectivity index (χ0v) is 24.4. The van der Waals surface area contributed by atoms with Crippen LogP contribution >= 0.6 is 15.9 Å². The van der Waals surface area contributed by atoms with Gasteiger partial charge in [-0.1, -0.05) is 58.4 Å². The van der Waals surface area contributed by atoms with Gasteiger partial charge in [-0.05, 0) is 52.0 Å². The zero-order chi connectivity index (χ0) is 27.1. The van der Waals surface area contributed by atoms with Crippen molar-refractivity contribution in [3.63, 3.8) is 0 Å². The summed E-state index contributed by atoms with van der Waals surface area (Å²) in [5, 5.41) is 0. The van der Waals surface area contributed by atoms with Crippen molar-refractivity contribution in [1.29, 1.82) is 0 Å². The molecule has 4 rings (SSSR count). The van der Waals surface area contributed by atoms with Gasteiger partial charge in [0.05, 0.1) is 37.6 Å². The smallest absolute Gasteiger partial charge is 0.354 e. The van der Waals surface area contributed by atoms with Gasteiger partial charge >= 0.3 is 5.97 Å². The number of hydrogen-bond acceptors (Lipinski definition) is 6. The first-order chi connectivity index (χ1) is 17.8. The van der Waals surface area contributed by atoms with Gasteiger partial charge in [0, 0.05) is 12.6 Å². The van der Waals surface area contributed by atoms with Gasteiger partial charge in [0.2, 0.25) is 0 Å². The molecule has 0 aliphatic carbocycles. The molecule has 198 valence electrons. The standard InChI is InChI=1S/C26H29BrN4O3.C3H8/c1-6-34-21-13-19(14-31-15-28-12-11-20(31)26(32)33-5)22(27)23-24(21)30(4)25(29-23)18-9-7-17(8-10-18)16(2)3;1-3-2/h7-11,13,15-16H,6,12,14H2,1-5H3;3H2,1-2H3. The molecule has 0 N–H and O–H groups in total. The Morgan fingerprint density at radius 1 is 1.16 bits per heavy atom. The Morgan fingerprint density at radius 2 is 1.84 bits per heavy atom. The number of benzene rings is 2. The lowest BCUT2D eigenvalue weighted by Crippen LogP contribution is -2.29. The highest BCUT2D eigenvalue weighted by atomic mass is 79.9. The van der Waals surface area contributed by atoms with Gasteiger partial charge in [-0.2, -0.15) is 0 Å². The lowest BCUT2D eigenvalue weighted by Gasteiger charge is -2.24. The van der Waals surface area contributed by atoms with Crippen LogP contribution in [-0.2, 0) is 23.1 Å². The van der Waals surface area contributed by atoms with E-state index in [-0.39, 0.29) is 0 Å². The minimum absolute atomic E-state index is 0.390. The fourth-order valence-corrected chi connectivity index (χ4v) is 4.63. The van der Waals surface area contributed by atoms with Gasteiger partial charge in [-0.25, -0.2) is 9.78 Å². The van der Waals surface area contributed by atoms with E-state index in [1.165, 1.54) is 19.1 Å². The number of imidazole rings is 1. The fraction of sp³-hybridized carbons (Fsp3) is 0.414. The Morgan fingerprint density at radius 3 is 2.43 bits per heavy atom. The minimum Gasteiger partial charge on any atom is -0.492 e. The van der Waals surface area contributed by atoms with Crippen molar-refractivity contribution in [3.05, 3.63) is 57.7 Å². The first-order valence-electron chi connectivity index (χ1n) is 12.7. The molecule has 37 heavy (non-hydrogen) atoms. The van der Waals surface area contributed by atoms with Crippen LogP contribution in [0.15, 0.2) is 51.6 Å². The highest BCUT2D eigenvalue weighted by Crippen LogP contribution is 2.38. The molecule has 2 heterocycles. The largest absolute Gasteiger partial charge is 0.492 e. The van der Waals surface area contributed by atoms with E-state index >= 15 is 0 Å². The summed E-state index contributed by atoms with van der Waals surface area (Å²) in [6.07, 6.45) is 4.69. The normalized spacial score (nSPS) is 12.9. The third-order valence-electron chi connectivity index (χ3n) is 5.91.